The number of anilines is 1. The SMILES string of the molecule is O=C(Nc1cccc(Cc2ncc[nH]2)c1)c1ccccn1. The molecule has 104 valence electrons. The lowest BCUT2D eigenvalue weighted by Gasteiger charge is -2.06. The number of H-pyrrole nitrogens is 1. The molecule has 0 saturated heterocycles. The van der Waals surface area contributed by atoms with Crippen LogP contribution in [0.4, 0.5) is 5.69 Å². The number of nitrogens with zero attached hydrogens (tertiary/aromatic N) is 2. The number of aromatic amines is 1. The van der Waals surface area contributed by atoms with Crippen LogP contribution in [0.25, 0.3) is 0 Å². The number of rotatable bonds is 4. The average molecular weight is 278 g/mol. The summed E-state index contributed by atoms with van der Waals surface area (Å²) < 4.78 is 0. The molecular formula is C16H14N4O. The van der Waals surface area contributed by atoms with E-state index in [1.54, 1.807) is 36.8 Å². The molecule has 0 unspecified atom stereocenters. The Hall–Kier alpha value is -2.95. The second-order valence-corrected chi connectivity index (χ2v) is 4.58. The lowest BCUT2D eigenvalue weighted by atomic mass is 10.1. The molecule has 2 heterocycles. The summed E-state index contributed by atoms with van der Waals surface area (Å²) in [5, 5.41) is 2.85. The molecule has 21 heavy (non-hydrogen) atoms. The van der Waals surface area contributed by atoms with Gasteiger partial charge in [-0.1, -0.05) is 18.2 Å². The van der Waals surface area contributed by atoms with Gasteiger partial charge in [-0.05, 0) is 29.8 Å². The molecule has 0 aliphatic heterocycles. The van der Waals surface area contributed by atoms with Gasteiger partial charge in [-0.2, -0.15) is 0 Å². The standard InChI is InChI=1S/C16H14N4O/c21-16(14-6-1-2-7-17-14)20-13-5-3-4-12(10-13)11-15-18-8-9-19-15/h1-10H,11H2,(H,18,19)(H,20,21). The first-order valence-electron chi connectivity index (χ1n) is 6.61. The van der Waals surface area contributed by atoms with E-state index >= 15 is 0 Å². The third kappa shape index (κ3) is 3.33. The van der Waals surface area contributed by atoms with E-state index in [9.17, 15) is 4.79 Å². The molecular weight excluding hydrogens is 264 g/mol. The number of carbonyl (C=O) groups is 1. The topological polar surface area (TPSA) is 70.7 Å². The lowest BCUT2D eigenvalue weighted by molar-refractivity contribution is 0.102. The molecule has 0 radical (unpaired) electrons. The maximum atomic E-state index is 12.1. The van der Waals surface area contributed by atoms with Gasteiger partial charge in [0.2, 0.25) is 0 Å². The Balaban J connectivity index is 1.73. The van der Waals surface area contributed by atoms with Gasteiger partial charge in [-0.15, -0.1) is 0 Å². The van der Waals surface area contributed by atoms with Crippen molar-refractivity contribution in [2.24, 2.45) is 0 Å². The van der Waals surface area contributed by atoms with Crippen LogP contribution in [0.5, 0.6) is 0 Å². The van der Waals surface area contributed by atoms with Crippen LogP contribution in [0.2, 0.25) is 0 Å². The number of imidazole rings is 1. The molecule has 1 amide bonds. The Morgan fingerprint density at radius 3 is 2.81 bits per heavy atom. The molecule has 2 N–H and O–H groups in total. The molecule has 5 nitrogen and oxygen atoms in total. The highest BCUT2D eigenvalue weighted by molar-refractivity contribution is 6.02. The number of carbonyl (C=O) groups excluding carboxylic acids is 1. The van der Waals surface area contributed by atoms with Crippen molar-refractivity contribution in [3.05, 3.63) is 78.1 Å². The van der Waals surface area contributed by atoms with E-state index in [1.165, 1.54) is 0 Å². The van der Waals surface area contributed by atoms with Crippen molar-refractivity contribution in [2.75, 3.05) is 5.32 Å². The van der Waals surface area contributed by atoms with Crippen molar-refractivity contribution in [1.29, 1.82) is 0 Å². The van der Waals surface area contributed by atoms with Gasteiger partial charge < -0.3 is 10.3 Å². The normalized spacial score (nSPS) is 10.3. The summed E-state index contributed by atoms with van der Waals surface area (Å²) in [7, 11) is 0. The van der Waals surface area contributed by atoms with Gasteiger partial charge in [0.25, 0.3) is 5.91 Å². The molecule has 0 atom stereocenters. The zero-order chi connectivity index (χ0) is 14.5. The number of hydrogen-bond donors (Lipinski definition) is 2. The number of aromatic nitrogens is 3. The van der Waals surface area contributed by atoms with Crippen LogP contribution in [-0.4, -0.2) is 20.9 Å². The minimum atomic E-state index is -0.217. The van der Waals surface area contributed by atoms with E-state index in [0.29, 0.717) is 12.1 Å². The Labute approximate surface area is 122 Å². The third-order valence-electron chi connectivity index (χ3n) is 3.01. The summed E-state index contributed by atoms with van der Waals surface area (Å²) in [6.45, 7) is 0. The van der Waals surface area contributed by atoms with E-state index < -0.39 is 0 Å². The number of benzene rings is 1. The minimum Gasteiger partial charge on any atom is -0.348 e. The summed E-state index contributed by atoms with van der Waals surface area (Å²) >= 11 is 0. The number of nitrogens with one attached hydrogen (secondary N) is 2. The van der Waals surface area contributed by atoms with E-state index in [2.05, 4.69) is 20.3 Å². The van der Waals surface area contributed by atoms with Gasteiger partial charge in [-0.3, -0.25) is 9.78 Å². The molecule has 0 aliphatic carbocycles. The Morgan fingerprint density at radius 2 is 2.05 bits per heavy atom. The molecule has 0 bridgehead atoms. The van der Waals surface area contributed by atoms with Gasteiger partial charge in [0.1, 0.15) is 11.5 Å². The first kappa shape index (κ1) is 13.1. The maximum absolute atomic E-state index is 12.1. The molecule has 0 aliphatic rings. The smallest absolute Gasteiger partial charge is 0.274 e. The van der Waals surface area contributed by atoms with E-state index in [1.807, 2.05) is 24.3 Å². The highest BCUT2D eigenvalue weighted by Gasteiger charge is 2.07. The van der Waals surface area contributed by atoms with Crippen molar-refractivity contribution >= 4 is 11.6 Å². The monoisotopic (exact) mass is 278 g/mol. The maximum Gasteiger partial charge on any atom is 0.274 e. The molecule has 0 spiro atoms. The van der Waals surface area contributed by atoms with Crippen LogP contribution in [0.1, 0.15) is 21.9 Å². The molecule has 2 aromatic heterocycles. The molecule has 0 fully saturated rings. The Kier molecular flexibility index (Phi) is 3.73. The summed E-state index contributed by atoms with van der Waals surface area (Å²) in [5.41, 5.74) is 2.22. The first-order valence-corrected chi connectivity index (χ1v) is 6.61. The second-order valence-electron chi connectivity index (χ2n) is 4.58. The minimum absolute atomic E-state index is 0.217. The summed E-state index contributed by atoms with van der Waals surface area (Å²) in [6.07, 6.45) is 5.81. The van der Waals surface area contributed by atoms with E-state index in [4.69, 9.17) is 0 Å². The summed E-state index contributed by atoms with van der Waals surface area (Å²) in [5.74, 6) is 0.675. The van der Waals surface area contributed by atoms with Crippen LogP contribution >= 0.6 is 0 Å². The number of pyridine rings is 1. The van der Waals surface area contributed by atoms with Gasteiger partial charge in [0.15, 0.2) is 0 Å². The van der Waals surface area contributed by atoms with Crippen LogP contribution < -0.4 is 5.32 Å². The lowest BCUT2D eigenvalue weighted by Crippen LogP contribution is -2.13. The Bertz CT molecular complexity index is 723. The first-order chi connectivity index (χ1) is 10.3. The quantitative estimate of drug-likeness (QED) is 0.770. The fourth-order valence-electron chi connectivity index (χ4n) is 2.04. The Morgan fingerprint density at radius 1 is 1.10 bits per heavy atom. The number of hydrogen-bond acceptors (Lipinski definition) is 3. The van der Waals surface area contributed by atoms with Crippen LogP contribution in [0.15, 0.2) is 61.1 Å². The van der Waals surface area contributed by atoms with Crippen molar-refractivity contribution < 1.29 is 4.79 Å². The fraction of sp³-hybridized carbons (Fsp3) is 0.0625. The van der Waals surface area contributed by atoms with E-state index in [0.717, 1.165) is 17.1 Å². The van der Waals surface area contributed by atoms with Gasteiger partial charge in [0, 0.05) is 30.7 Å². The summed E-state index contributed by atoms with van der Waals surface area (Å²) in [4.78, 5) is 23.3. The molecule has 0 saturated carbocycles. The van der Waals surface area contributed by atoms with Crippen molar-refractivity contribution in [3.8, 4) is 0 Å². The largest absolute Gasteiger partial charge is 0.348 e. The van der Waals surface area contributed by atoms with Gasteiger partial charge >= 0.3 is 0 Å². The predicted molar refractivity (Wildman–Crippen MR) is 80.0 cm³/mol. The fourth-order valence-corrected chi connectivity index (χ4v) is 2.04. The van der Waals surface area contributed by atoms with Crippen LogP contribution in [0, 0.1) is 0 Å². The third-order valence-corrected chi connectivity index (χ3v) is 3.01. The summed E-state index contributed by atoms with van der Waals surface area (Å²) in [6, 6.07) is 12.9. The van der Waals surface area contributed by atoms with Crippen molar-refractivity contribution in [3.63, 3.8) is 0 Å². The predicted octanol–water partition coefficient (Wildman–Crippen LogP) is 2.65. The second kappa shape index (κ2) is 6.00. The highest BCUT2D eigenvalue weighted by Crippen LogP contribution is 2.14. The van der Waals surface area contributed by atoms with Gasteiger partial charge in [0.05, 0.1) is 0 Å². The van der Waals surface area contributed by atoms with Crippen LogP contribution in [-0.2, 0) is 6.42 Å². The zero-order valence-corrected chi connectivity index (χ0v) is 11.3. The van der Waals surface area contributed by atoms with Crippen molar-refractivity contribution in [2.45, 2.75) is 6.42 Å². The molecule has 3 rings (SSSR count). The van der Waals surface area contributed by atoms with Gasteiger partial charge in [-0.25, -0.2) is 4.98 Å². The van der Waals surface area contributed by atoms with E-state index in [-0.39, 0.29) is 5.91 Å². The molecule has 1 aromatic carbocycles. The zero-order valence-electron chi connectivity index (χ0n) is 11.3. The highest BCUT2D eigenvalue weighted by atomic mass is 16.1. The van der Waals surface area contributed by atoms with Crippen LogP contribution in [0.3, 0.4) is 0 Å². The van der Waals surface area contributed by atoms with Crippen molar-refractivity contribution in [1.82, 2.24) is 15.0 Å². The molecule has 5 heteroatoms. The molecule has 3 aromatic rings. The number of amides is 1. The average Bonchev–Trinajstić information content (AvgIpc) is 3.01.